The molecule has 0 atom stereocenters. The van der Waals surface area contributed by atoms with Crippen LogP contribution < -0.4 is 10.6 Å². The van der Waals surface area contributed by atoms with E-state index in [1.54, 1.807) is 0 Å². The van der Waals surface area contributed by atoms with Crippen LogP contribution in [0.15, 0.2) is 29.2 Å². The number of fused-ring (bicyclic) bond motifs is 1. The standard InChI is InChI=1S/C20H26N4O4S2/c1-14(25)21-15-9-11-16(12-10-15)30(27,28)24(2)13-19(26)23-20-22-17-7-5-3-4-6-8-18(17)29-20/h9-12H,3-8,13H2,1-2H3,(H,21,25)(H,22,23,26). The smallest absolute Gasteiger partial charge is 0.243 e. The number of likely N-dealkylation sites (N-methyl/N-ethyl adjacent to an activating group) is 1. The average Bonchev–Trinajstić information content (AvgIpc) is 3.02. The molecule has 2 aromatic rings. The van der Waals surface area contributed by atoms with E-state index in [0.29, 0.717) is 10.8 Å². The Balaban J connectivity index is 1.63. The Labute approximate surface area is 180 Å². The van der Waals surface area contributed by atoms with E-state index in [9.17, 15) is 18.0 Å². The number of aryl methyl sites for hydroxylation is 2. The molecule has 0 unspecified atom stereocenters. The second kappa shape index (κ2) is 9.67. The lowest BCUT2D eigenvalue weighted by atomic mass is 10.0. The van der Waals surface area contributed by atoms with Gasteiger partial charge in [-0.05, 0) is 49.9 Å². The van der Waals surface area contributed by atoms with Crippen molar-refractivity contribution in [3.8, 4) is 0 Å². The van der Waals surface area contributed by atoms with Crippen LogP contribution in [-0.2, 0) is 32.5 Å². The van der Waals surface area contributed by atoms with Crippen molar-refractivity contribution in [2.45, 2.75) is 50.3 Å². The molecule has 0 saturated heterocycles. The number of anilines is 2. The molecule has 162 valence electrons. The monoisotopic (exact) mass is 450 g/mol. The molecule has 0 fully saturated rings. The maximum Gasteiger partial charge on any atom is 0.243 e. The zero-order valence-electron chi connectivity index (χ0n) is 17.1. The van der Waals surface area contributed by atoms with Crippen LogP contribution in [0.25, 0.3) is 0 Å². The highest BCUT2D eigenvalue weighted by Crippen LogP contribution is 2.28. The van der Waals surface area contributed by atoms with Crippen molar-refractivity contribution in [2.24, 2.45) is 0 Å². The Morgan fingerprint density at radius 2 is 1.73 bits per heavy atom. The Hall–Kier alpha value is -2.30. The summed E-state index contributed by atoms with van der Waals surface area (Å²) in [4.78, 5) is 29.3. The SMILES string of the molecule is CC(=O)Nc1ccc(S(=O)(=O)N(C)CC(=O)Nc2nc3c(s2)CCCCCC3)cc1. The van der Waals surface area contributed by atoms with Gasteiger partial charge in [0.25, 0.3) is 0 Å². The Morgan fingerprint density at radius 1 is 1.07 bits per heavy atom. The van der Waals surface area contributed by atoms with Gasteiger partial charge in [-0.1, -0.05) is 12.8 Å². The summed E-state index contributed by atoms with van der Waals surface area (Å²) in [7, 11) is -2.48. The number of amides is 2. The number of benzene rings is 1. The van der Waals surface area contributed by atoms with Gasteiger partial charge in [-0.15, -0.1) is 11.3 Å². The second-order valence-electron chi connectivity index (χ2n) is 7.32. The van der Waals surface area contributed by atoms with Crippen LogP contribution in [0.4, 0.5) is 10.8 Å². The molecule has 0 bridgehead atoms. The summed E-state index contributed by atoms with van der Waals surface area (Å²) in [6.07, 6.45) is 6.55. The maximum atomic E-state index is 12.7. The van der Waals surface area contributed by atoms with Crippen LogP contribution in [-0.4, -0.2) is 43.1 Å². The lowest BCUT2D eigenvalue weighted by Crippen LogP contribution is -2.34. The fourth-order valence-electron chi connectivity index (χ4n) is 3.30. The van der Waals surface area contributed by atoms with E-state index in [4.69, 9.17) is 0 Å². The largest absolute Gasteiger partial charge is 0.326 e. The van der Waals surface area contributed by atoms with Gasteiger partial charge in [0.05, 0.1) is 17.1 Å². The van der Waals surface area contributed by atoms with Gasteiger partial charge in [0.1, 0.15) is 0 Å². The Morgan fingerprint density at radius 3 is 2.40 bits per heavy atom. The lowest BCUT2D eigenvalue weighted by Gasteiger charge is -2.16. The fraction of sp³-hybridized carbons (Fsp3) is 0.450. The van der Waals surface area contributed by atoms with Crippen LogP contribution in [0.3, 0.4) is 0 Å². The molecule has 2 N–H and O–H groups in total. The van der Waals surface area contributed by atoms with Crippen LogP contribution in [0.2, 0.25) is 0 Å². The molecule has 8 nitrogen and oxygen atoms in total. The Kier molecular flexibility index (Phi) is 7.22. The summed E-state index contributed by atoms with van der Waals surface area (Å²) in [5.41, 5.74) is 1.55. The molecule has 0 saturated carbocycles. The van der Waals surface area contributed by atoms with Gasteiger partial charge in [-0.25, -0.2) is 13.4 Å². The van der Waals surface area contributed by atoms with Crippen LogP contribution >= 0.6 is 11.3 Å². The molecule has 2 amide bonds. The first-order valence-corrected chi connectivity index (χ1v) is 12.1. The summed E-state index contributed by atoms with van der Waals surface area (Å²) in [6, 6.07) is 5.81. The zero-order valence-corrected chi connectivity index (χ0v) is 18.7. The number of rotatable bonds is 6. The number of thiazole rings is 1. The molecule has 0 spiro atoms. The predicted octanol–water partition coefficient (Wildman–Crippen LogP) is 3.02. The van der Waals surface area contributed by atoms with Gasteiger partial charge in [-0.3, -0.25) is 9.59 Å². The molecule has 30 heavy (non-hydrogen) atoms. The molecule has 1 aliphatic rings. The van der Waals surface area contributed by atoms with E-state index in [1.807, 2.05) is 0 Å². The molecule has 1 aliphatic carbocycles. The second-order valence-corrected chi connectivity index (χ2v) is 10.4. The van der Waals surface area contributed by atoms with E-state index >= 15 is 0 Å². The minimum absolute atomic E-state index is 0.0455. The average molecular weight is 451 g/mol. The number of nitrogens with one attached hydrogen (secondary N) is 2. The predicted molar refractivity (Wildman–Crippen MR) is 117 cm³/mol. The quantitative estimate of drug-likeness (QED) is 0.703. The number of aromatic nitrogens is 1. The molecular formula is C20H26N4O4S2. The number of sulfonamides is 1. The van der Waals surface area contributed by atoms with E-state index in [-0.39, 0.29) is 17.3 Å². The third-order valence-electron chi connectivity index (χ3n) is 4.84. The van der Waals surface area contributed by atoms with Gasteiger partial charge in [0, 0.05) is 24.5 Å². The number of carbonyl (C=O) groups is 2. The number of hydrogen-bond acceptors (Lipinski definition) is 6. The van der Waals surface area contributed by atoms with Gasteiger partial charge >= 0.3 is 0 Å². The number of hydrogen-bond donors (Lipinski definition) is 2. The zero-order chi connectivity index (χ0) is 21.7. The van der Waals surface area contributed by atoms with Crippen LogP contribution in [0, 0.1) is 0 Å². The topological polar surface area (TPSA) is 108 Å². The van der Waals surface area contributed by atoms with Crippen molar-refractivity contribution < 1.29 is 18.0 Å². The molecular weight excluding hydrogens is 424 g/mol. The van der Waals surface area contributed by atoms with E-state index in [1.165, 1.54) is 67.3 Å². The fourth-order valence-corrected chi connectivity index (χ4v) is 5.49. The summed E-state index contributed by atoms with van der Waals surface area (Å²) in [5, 5.41) is 5.85. The molecule has 0 aliphatic heterocycles. The minimum Gasteiger partial charge on any atom is -0.326 e. The lowest BCUT2D eigenvalue weighted by molar-refractivity contribution is -0.116. The van der Waals surface area contributed by atoms with Gasteiger partial charge < -0.3 is 10.6 Å². The molecule has 3 rings (SSSR count). The highest BCUT2D eigenvalue weighted by molar-refractivity contribution is 7.89. The maximum absolute atomic E-state index is 12.7. The first kappa shape index (κ1) is 22.4. The normalized spacial score (nSPS) is 14.5. The third kappa shape index (κ3) is 5.65. The van der Waals surface area contributed by atoms with Crippen molar-refractivity contribution in [1.82, 2.24) is 9.29 Å². The summed E-state index contributed by atoms with van der Waals surface area (Å²) < 4.78 is 26.5. The first-order valence-electron chi connectivity index (χ1n) is 9.88. The molecule has 10 heteroatoms. The summed E-state index contributed by atoms with van der Waals surface area (Å²) in [5.74, 6) is -0.674. The van der Waals surface area contributed by atoms with Gasteiger partial charge in [0.15, 0.2) is 5.13 Å². The summed E-state index contributed by atoms with van der Waals surface area (Å²) in [6.45, 7) is 1.05. The molecule has 1 aromatic carbocycles. The van der Waals surface area contributed by atoms with E-state index < -0.39 is 15.9 Å². The van der Waals surface area contributed by atoms with E-state index in [2.05, 4.69) is 15.6 Å². The van der Waals surface area contributed by atoms with Gasteiger partial charge in [-0.2, -0.15) is 4.31 Å². The highest BCUT2D eigenvalue weighted by Gasteiger charge is 2.24. The highest BCUT2D eigenvalue weighted by atomic mass is 32.2. The van der Waals surface area contributed by atoms with Crippen molar-refractivity contribution in [3.05, 3.63) is 34.8 Å². The summed E-state index contributed by atoms with van der Waals surface area (Å²) >= 11 is 1.48. The van der Waals surface area contributed by atoms with Crippen LogP contribution in [0.5, 0.6) is 0 Å². The number of carbonyl (C=O) groups excluding carboxylic acids is 2. The molecule has 1 heterocycles. The number of nitrogens with zero attached hydrogens (tertiary/aromatic N) is 2. The van der Waals surface area contributed by atoms with E-state index in [0.717, 1.165) is 35.7 Å². The first-order chi connectivity index (χ1) is 14.3. The van der Waals surface area contributed by atoms with Crippen molar-refractivity contribution in [1.29, 1.82) is 0 Å². The van der Waals surface area contributed by atoms with Crippen LogP contribution in [0.1, 0.15) is 43.2 Å². The van der Waals surface area contributed by atoms with Crippen molar-refractivity contribution >= 4 is 44.0 Å². The third-order valence-corrected chi connectivity index (χ3v) is 7.73. The van der Waals surface area contributed by atoms with Crippen molar-refractivity contribution in [2.75, 3.05) is 24.2 Å². The Bertz CT molecular complexity index is 990. The molecule has 1 aromatic heterocycles. The van der Waals surface area contributed by atoms with Crippen molar-refractivity contribution in [3.63, 3.8) is 0 Å². The van der Waals surface area contributed by atoms with Gasteiger partial charge in [0.2, 0.25) is 21.8 Å². The minimum atomic E-state index is -3.84. The molecule has 0 radical (unpaired) electrons.